The molecule has 1 aliphatic heterocycles. The van der Waals surface area contributed by atoms with Crippen molar-refractivity contribution in [1.29, 1.82) is 0 Å². The van der Waals surface area contributed by atoms with Crippen LogP contribution in [-0.2, 0) is 11.3 Å². The molecule has 1 amide bonds. The van der Waals surface area contributed by atoms with E-state index in [0.29, 0.717) is 28.1 Å². The van der Waals surface area contributed by atoms with Gasteiger partial charge in [0.1, 0.15) is 5.75 Å². The Morgan fingerprint density at radius 3 is 3.15 bits per heavy atom. The van der Waals surface area contributed by atoms with Crippen molar-refractivity contribution in [3.63, 3.8) is 0 Å². The lowest BCUT2D eigenvalue weighted by molar-refractivity contribution is -0.121. The number of anilines is 2. The quantitative estimate of drug-likeness (QED) is 0.669. The summed E-state index contributed by atoms with van der Waals surface area (Å²) in [6.45, 7) is 0.435. The van der Waals surface area contributed by atoms with E-state index in [9.17, 15) is 4.79 Å². The Morgan fingerprint density at radius 2 is 2.40 bits per heavy atom. The molecule has 0 spiro atoms. The lowest BCUT2D eigenvalue weighted by Crippen LogP contribution is -2.38. The zero-order chi connectivity index (χ0) is 14.1. The highest BCUT2D eigenvalue weighted by Gasteiger charge is 2.26. The summed E-state index contributed by atoms with van der Waals surface area (Å²) >= 11 is 7.38. The highest BCUT2D eigenvalue weighted by Crippen LogP contribution is 2.35. The summed E-state index contributed by atoms with van der Waals surface area (Å²) in [6, 6.07) is 5.21. The van der Waals surface area contributed by atoms with E-state index in [1.54, 1.807) is 29.3 Å². The summed E-state index contributed by atoms with van der Waals surface area (Å²) in [5, 5.41) is 1.16. The number of thiazole rings is 1. The monoisotopic (exact) mass is 310 g/mol. The van der Waals surface area contributed by atoms with Crippen LogP contribution in [0.5, 0.6) is 5.75 Å². The first-order valence-corrected chi connectivity index (χ1v) is 7.01. The van der Waals surface area contributed by atoms with Crippen LogP contribution in [0.25, 0.3) is 0 Å². The smallest absolute Gasteiger partial charge is 0.265 e. The Labute approximate surface area is 124 Å². The van der Waals surface area contributed by atoms with Crippen LogP contribution in [-0.4, -0.2) is 17.5 Å². The Kier molecular flexibility index (Phi) is 3.47. The fraction of sp³-hybridized carbons (Fsp3) is 0.167. The minimum absolute atomic E-state index is 0.0232. The van der Waals surface area contributed by atoms with Gasteiger partial charge in [0.05, 0.1) is 12.2 Å². The van der Waals surface area contributed by atoms with Crippen molar-refractivity contribution in [2.24, 2.45) is 5.84 Å². The number of halogens is 1. The van der Waals surface area contributed by atoms with E-state index >= 15 is 0 Å². The summed E-state index contributed by atoms with van der Waals surface area (Å²) in [7, 11) is 0. The number of hydrogen-bond acceptors (Lipinski definition) is 6. The van der Waals surface area contributed by atoms with Crippen LogP contribution in [0.1, 0.15) is 4.88 Å². The molecule has 20 heavy (non-hydrogen) atoms. The molecule has 1 aliphatic rings. The van der Waals surface area contributed by atoms with Gasteiger partial charge in [0.15, 0.2) is 11.7 Å². The van der Waals surface area contributed by atoms with Gasteiger partial charge in [0.25, 0.3) is 5.91 Å². The van der Waals surface area contributed by atoms with Gasteiger partial charge in [-0.2, -0.15) is 0 Å². The van der Waals surface area contributed by atoms with Crippen molar-refractivity contribution >= 4 is 39.7 Å². The largest absolute Gasteiger partial charge is 0.482 e. The van der Waals surface area contributed by atoms with Gasteiger partial charge in [0.2, 0.25) is 0 Å². The first-order valence-electron chi connectivity index (χ1n) is 5.81. The number of hydrogen-bond donors (Lipinski definition) is 2. The summed E-state index contributed by atoms with van der Waals surface area (Å²) in [5.41, 5.74) is 3.15. The minimum atomic E-state index is -0.115. The van der Waals surface area contributed by atoms with Gasteiger partial charge in [-0.3, -0.25) is 10.2 Å². The van der Waals surface area contributed by atoms with E-state index < -0.39 is 0 Å². The van der Waals surface area contributed by atoms with Crippen LogP contribution in [0.4, 0.5) is 10.8 Å². The number of ether oxygens (including phenoxy) is 1. The molecule has 0 bridgehead atoms. The molecule has 3 N–H and O–H groups in total. The molecule has 2 heterocycles. The Bertz CT molecular complexity index is 661. The van der Waals surface area contributed by atoms with Gasteiger partial charge < -0.3 is 9.64 Å². The van der Waals surface area contributed by atoms with Gasteiger partial charge >= 0.3 is 0 Å². The number of aromatic nitrogens is 1. The molecule has 0 fully saturated rings. The molecule has 6 nitrogen and oxygen atoms in total. The first kappa shape index (κ1) is 13.2. The lowest BCUT2D eigenvalue weighted by Gasteiger charge is -2.29. The molecule has 0 aliphatic carbocycles. The second-order valence-corrected chi connectivity index (χ2v) is 5.71. The molecule has 104 valence electrons. The molecule has 2 aromatic rings. The zero-order valence-corrected chi connectivity index (χ0v) is 11.9. The maximum atomic E-state index is 12.1. The first-order chi connectivity index (χ1) is 9.67. The number of carbonyl (C=O) groups excluding carboxylic acids is 1. The Morgan fingerprint density at radius 1 is 1.55 bits per heavy atom. The van der Waals surface area contributed by atoms with Crippen molar-refractivity contribution in [2.45, 2.75) is 6.54 Å². The molecule has 3 rings (SSSR count). The number of nitrogen functional groups attached to an aromatic ring is 1. The molecule has 0 saturated carbocycles. The van der Waals surface area contributed by atoms with Crippen molar-refractivity contribution < 1.29 is 9.53 Å². The zero-order valence-electron chi connectivity index (χ0n) is 10.3. The summed E-state index contributed by atoms with van der Waals surface area (Å²) in [6.07, 6.45) is 1.69. The summed E-state index contributed by atoms with van der Waals surface area (Å²) in [4.78, 5) is 18.7. The molecule has 8 heteroatoms. The molecular weight excluding hydrogens is 300 g/mol. The third-order valence-electron chi connectivity index (χ3n) is 2.85. The Balaban J connectivity index is 1.92. The van der Waals surface area contributed by atoms with E-state index in [4.69, 9.17) is 22.2 Å². The Hall–Kier alpha value is -1.83. The molecule has 0 atom stereocenters. The van der Waals surface area contributed by atoms with Crippen LogP contribution in [0.2, 0.25) is 5.02 Å². The van der Waals surface area contributed by atoms with Gasteiger partial charge in [-0.1, -0.05) is 22.9 Å². The number of nitrogens with one attached hydrogen (secondary N) is 1. The average Bonchev–Trinajstić information content (AvgIpc) is 2.90. The van der Waals surface area contributed by atoms with Gasteiger partial charge in [-0.05, 0) is 18.2 Å². The number of nitrogens with two attached hydrogens (primary N) is 1. The molecule has 0 saturated heterocycles. The summed E-state index contributed by atoms with van der Waals surface area (Å²) in [5.74, 6) is 5.83. The standard InChI is InChI=1S/C12H11ClN4O2S/c13-7-1-2-10-9(3-7)17(11(18)6-19-10)5-8-4-15-12(16-14)20-8/h1-4H,5-6,14H2,(H,15,16). The van der Waals surface area contributed by atoms with E-state index in [1.807, 2.05) is 0 Å². The van der Waals surface area contributed by atoms with Crippen LogP contribution < -0.4 is 20.9 Å². The number of amides is 1. The van der Waals surface area contributed by atoms with Gasteiger partial charge in [-0.25, -0.2) is 10.8 Å². The van der Waals surface area contributed by atoms with Gasteiger partial charge in [0, 0.05) is 16.1 Å². The number of fused-ring (bicyclic) bond motifs is 1. The maximum absolute atomic E-state index is 12.1. The van der Waals surface area contributed by atoms with Crippen LogP contribution in [0.3, 0.4) is 0 Å². The molecular formula is C12H11ClN4O2S. The predicted molar refractivity (Wildman–Crippen MR) is 78.1 cm³/mol. The van der Waals surface area contributed by atoms with E-state index in [-0.39, 0.29) is 12.5 Å². The number of benzene rings is 1. The number of hydrazine groups is 1. The number of rotatable bonds is 3. The highest BCUT2D eigenvalue weighted by atomic mass is 35.5. The molecule has 0 radical (unpaired) electrons. The third-order valence-corrected chi connectivity index (χ3v) is 4.00. The topological polar surface area (TPSA) is 80.5 Å². The van der Waals surface area contributed by atoms with E-state index in [2.05, 4.69) is 10.4 Å². The molecule has 0 unspecified atom stereocenters. The molecule has 1 aromatic carbocycles. The minimum Gasteiger partial charge on any atom is -0.482 e. The van der Waals surface area contributed by atoms with Crippen LogP contribution in [0, 0.1) is 0 Å². The predicted octanol–water partition coefficient (Wildman–Crippen LogP) is 2.01. The average molecular weight is 311 g/mol. The van der Waals surface area contributed by atoms with E-state index in [0.717, 1.165) is 4.88 Å². The normalized spacial score (nSPS) is 13.9. The highest BCUT2D eigenvalue weighted by molar-refractivity contribution is 7.15. The van der Waals surface area contributed by atoms with Crippen LogP contribution in [0.15, 0.2) is 24.4 Å². The number of nitrogens with zero attached hydrogens (tertiary/aromatic N) is 2. The maximum Gasteiger partial charge on any atom is 0.265 e. The van der Waals surface area contributed by atoms with Crippen molar-refractivity contribution in [3.05, 3.63) is 34.3 Å². The van der Waals surface area contributed by atoms with Crippen molar-refractivity contribution in [1.82, 2.24) is 4.98 Å². The summed E-state index contributed by atoms with van der Waals surface area (Å²) < 4.78 is 5.39. The second kappa shape index (κ2) is 5.28. The molecule has 1 aromatic heterocycles. The third kappa shape index (κ3) is 2.43. The van der Waals surface area contributed by atoms with Crippen LogP contribution >= 0.6 is 22.9 Å². The van der Waals surface area contributed by atoms with Crippen molar-refractivity contribution in [2.75, 3.05) is 16.9 Å². The second-order valence-electron chi connectivity index (χ2n) is 4.16. The fourth-order valence-corrected chi connectivity index (χ4v) is 2.83. The lowest BCUT2D eigenvalue weighted by atomic mass is 10.2. The SMILES string of the molecule is NNc1ncc(CN2C(=O)COc3ccc(Cl)cc32)s1. The van der Waals surface area contributed by atoms with Crippen molar-refractivity contribution in [3.8, 4) is 5.75 Å². The fourth-order valence-electron chi connectivity index (χ4n) is 1.95. The van der Waals surface area contributed by atoms with Gasteiger partial charge in [-0.15, -0.1) is 0 Å². The number of carbonyl (C=O) groups is 1. The van der Waals surface area contributed by atoms with E-state index in [1.165, 1.54) is 11.3 Å².